The summed E-state index contributed by atoms with van der Waals surface area (Å²) in [4.78, 5) is 37.6. The molecule has 0 radical (unpaired) electrons. The molecule has 6 nitrogen and oxygen atoms in total. The summed E-state index contributed by atoms with van der Waals surface area (Å²) in [7, 11) is 1.96. The Morgan fingerprint density at radius 1 is 1.17 bits per heavy atom. The predicted molar refractivity (Wildman–Crippen MR) is 120 cm³/mol. The van der Waals surface area contributed by atoms with Gasteiger partial charge in [0, 0.05) is 29.8 Å². The number of aldehydes is 2. The lowest BCUT2D eigenvalue weighted by atomic mass is 10.1. The van der Waals surface area contributed by atoms with Crippen LogP contribution in [0.2, 0.25) is 0 Å². The zero-order valence-electron chi connectivity index (χ0n) is 17.8. The van der Waals surface area contributed by atoms with Crippen LogP contribution < -0.4 is 10.2 Å². The minimum absolute atomic E-state index is 0.343. The molecule has 0 aliphatic rings. The minimum Gasteiger partial charge on any atom is -0.444 e. The van der Waals surface area contributed by atoms with E-state index in [2.05, 4.69) is 10.2 Å². The van der Waals surface area contributed by atoms with Crippen LogP contribution in [0.25, 0.3) is 0 Å². The van der Waals surface area contributed by atoms with Crippen molar-refractivity contribution in [1.29, 1.82) is 0 Å². The molecule has 160 valence electrons. The van der Waals surface area contributed by atoms with Gasteiger partial charge in [0.2, 0.25) is 0 Å². The molecule has 1 atom stereocenters. The summed E-state index contributed by atoms with van der Waals surface area (Å²) in [5.74, 6) is 0.343. The maximum atomic E-state index is 12.0. The zero-order valence-corrected chi connectivity index (χ0v) is 18.6. The van der Waals surface area contributed by atoms with E-state index in [1.54, 1.807) is 26.8 Å². The van der Waals surface area contributed by atoms with Crippen LogP contribution in [-0.4, -0.2) is 43.1 Å². The standard InChI is InChI=1S/C23H28N2O4S/c1-23(2,3)29-22(28)24-19(15-27)16-30-21-11-10-18(14-26)12-20(21)25(4)13-17-8-6-5-7-9-17/h5-12,14-15,19H,13,16H2,1-4H3,(H,24,28)/t19-/m1/s1. The van der Waals surface area contributed by atoms with Gasteiger partial charge in [-0.2, -0.15) is 0 Å². The molecular formula is C23H28N2O4S. The number of ether oxygens (including phenoxy) is 1. The number of nitrogens with one attached hydrogen (secondary N) is 1. The van der Waals surface area contributed by atoms with E-state index in [1.807, 2.05) is 49.5 Å². The van der Waals surface area contributed by atoms with E-state index >= 15 is 0 Å². The van der Waals surface area contributed by atoms with E-state index in [4.69, 9.17) is 4.74 Å². The van der Waals surface area contributed by atoms with Gasteiger partial charge in [-0.05, 0) is 38.5 Å². The van der Waals surface area contributed by atoms with Gasteiger partial charge in [-0.15, -0.1) is 11.8 Å². The van der Waals surface area contributed by atoms with Crippen LogP contribution in [0.4, 0.5) is 10.5 Å². The van der Waals surface area contributed by atoms with Crippen molar-refractivity contribution in [3.63, 3.8) is 0 Å². The number of hydrogen-bond acceptors (Lipinski definition) is 6. The Bertz CT molecular complexity index is 865. The van der Waals surface area contributed by atoms with Gasteiger partial charge in [0.15, 0.2) is 0 Å². The third-order valence-corrected chi connectivity index (χ3v) is 5.26. The number of amides is 1. The van der Waals surface area contributed by atoms with Crippen molar-refractivity contribution in [3.8, 4) is 0 Å². The third-order valence-electron chi connectivity index (χ3n) is 4.08. The number of carbonyl (C=O) groups is 3. The molecule has 1 N–H and O–H groups in total. The van der Waals surface area contributed by atoms with Crippen LogP contribution in [0, 0.1) is 0 Å². The highest BCUT2D eigenvalue weighted by molar-refractivity contribution is 7.99. The number of anilines is 1. The smallest absolute Gasteiger partial charge is 0.408 e. The van der Waals surface area contributed by atoms with Gasteiger partial charge in [-0.3, -0.25) is 4.79 Å². The topological polar surface area (TPSA) is 75.7 Å². The first-order valence-electron chi connectivity index (χ1n) is 9.63. The summed E-state index contributed by atoms with van der Waals surface area (Å²) in [6, 6.07) is 14.8. The molecule has 0 fully saturated rings. The van der Waals surface area contributed by atoms with E-state index < -0.39 is 17.7 Å². The van der Waals surface area contributed by atoms with Crippen molar-refractivity contribution >= 4 is 36.1 Å². The maximum absolute atomic E-state index is 12.0. The monoisotopic (exact) mass is 428 g/mol. The van der Waals surface area contributed by atoms with E-state index in [0.29, 0.717) is 24.1 Å². The van der Waals surface area contributed by atoms with Gasteiger partial charge >= 0.3 is 6.09 Å². The lowest BCUT2D eigenvalue weighted by Gasteiger charge is -2.24. The Hall–Kier alpha value is -2.80. The Kier molecular flexibility index (Phi) is 8.47. The number of nitrogens with zero attached hydrogens (tertiary/aromatic N) is 1. The van der Waals surface area contributed by atoms with Gasteiger partial charge in [-0.25, -0.2) is 4.79 Å². The first-order valence-corrected chi connectivity index (χ1v) is 10.6. The van der Waals surface area contributed by atoms with Crippen molar-refractivity contribution in [2.75, 3.05) is 17.7 Å². The maximum Gasteiger partial charge on any atom is 0.408 e. The van der Waals surface area contributed by atoms with E-state index in [9.17, 15) is 14.4 Å². The van der Waals surface area contributed by atoms with Crippen LogP contribution >= 0.6 is 11.8 Å². The number of thioether (sulfide) groups is 1. The molecule has 0 saturated heterocycles. The minimum atomic E-state index is -0.692. The van der Waals surface area contributed by atoms with Crippen LogP contribution in [-0.2, 0) is 16.1 Å². The average molecular weight is 429 g/mol. The van der Waals surface area contributed by atoms with Crippen molar-refractivity contribution < 1.29 is 19.1 Å². The predicted octanol–water partition coefficient (Wildman–Crippen LogP) is 4.32. The fourth-order valence-corrected chi connectivity index (χ4v) is 3.77. The molecule has 0 heterocycles. The number of carbonyl (C=O) groups excluding carboxylic acids is 3. The number of benzene rings is 2. The summed E-state index contributed by atoms with van der Waals surface area (Å²) in [5.41, 5.74) is 1.97. The van der Waals surface area contributed by atoms with Gasteiger partial charge in [0.05, 0.1) is 11.7 Å². The first kappa shape index (κ1) is 23.5. The lowest BCUT2D eigenvalue weighted by Crippen LogP contribution is -2.41. The van der Waals surface area contributed by atoms with Crippen LogP contribution in [0.1, 0.15) is 36.7 Å². The number of alkyl carbamates (subject to hydrolysis) is 1. The molecule has 0 aliphatic carbocycles. The second kappa shape index (κ2) is 10.8. The number of rotatable bonds is 9. The van der Waals surface area contributed by atoms with Gasteiger partial charge in [0.1, 0.15) is 18.2 Å². The van der Waals surface area contributed by atoms with E-state index in [0.717, 1.165) is 22.4 Å². The van der Waals surface area contributed by atoms with Crippen LogP contribution in [0.5, 0.6) is 0 Å². The molecule has 2 rings (SSSR count). The molecule has 0 bridgehead atoms. The molecule has 1 amide bonds. The molecular weight excluding hydrogens is 400 g/mol. The second-order valence-electron chi connectivity index (χ2n) is 7.89. The molecule has 0 spiro atoms. The van der Waals surface area contributed by atoms with Crippen molar-refractivity contribution in [3.05, 3.63) is 59.7 Å². The fraction of sp³-hybridized carbons (Fsp3) is 0.348. The van der Waals surface area contributed by atoms with Gasteiger partial charge < -0.3 is 19.7 Å². The molecule has 0 saturated carbocycles. The van der Waals surface area contributed by atoms with Crippen molar-refractivity contribution in [2.24, 2.45) is 0 Å². The Morgan fingerprint density at radius 2 is 1.87 bits per heavy atom. The quantitative estimate of drug-likeness (QED) is 0.474. The highest BCUT2D eigenvalue weighted by Crippen LogP contribution is 2.31. The Labute approximate surface area is 182 Å². The number of hydrogen-bond donors (Lipinski definition) is 1. The summed E-state index contributed by atoms with van der Waals surface area (Å²) < 4.78 is 5.22. The van der Waals surface area contributed by atoms with Gasteiger partial charge in [0.25, 0.3) is 0 Å². The summed E-state index contributed by atoms with van der Waals surface area (Å²) in [6.45, 7) is 5.96. The zero-order chi connectivity index (χ0) is 22.1. The second-order valence-corrected chi connectivity index (χ2v) is 8.95. The van der Waals surface area contributed by atoms with Crippen LogP contribution in [0.3, 0.4) is 0 Å². The van der Waals surface area contributed by atoms with E-state index in [1.165, 1.54) is 11.8 Å². The fourth-order valence-electron chi connectivity index (χ4n) is 2.72. The third kappa shape index (κ3) is 7.55. The molecule has 0 unspecified atom stereocenters. The SMILES string of the molecule is CN(Cc1ccccc1)c1cc(C=O)ccc1SC[C@@H](C=O)NC(=O)OC(C)(C)C. The molecule has 0 aromatic heterocycles. The first-order chi connectivity index (χ1) is 14.2. The summed E-state index contributed by atoms with van der Waals surface area (Å²) >= 11 is 1.44. The highest BCUT2D eigenvalue weighted by Gasteiger charge is 2.20. The van der Waals surface area contributed by atoms with Crippen molar-refractivity contribution in [1.82, 2.24) is 5.32 Å². The van der Waals surface area contributed by atoms with Crippen molar-refractivity contribution in [2.45, 2.75) is 43.9 Å². The molecule has 30 heavy (non-hydrogen) atoms. The van der Waals surface area contributed by atoms with Crippen LogP contribution in [0.15, 0.2) is 53.4 Å². The summed E-state index contributed by atoms with van der Waals surface area (Å²) in [5, 5.41) is 2.58. The van der Waals surface area contributed by atoms with Gasteiger partial charge in [-0.1, -0.05) is 36.4 Å². The molecule has 7 heteroatoms. The molecule has 0 aliphatic heterocycles. The summed E-state index contributed by atoms with van der Waals surface area (Å²) in [6.07, 6.45) is 0.884. The highest BCUT2D eigenvalue weighted by atomic mass is 32.2. The Balaban J connectivity index is 2.11. The average Bonchev–Trinajstić information content (AvgIpc) is 2.70. The molecule has 2 aromatic rings. The van der Waals surface area contributed by atoms with E-state index in [-0.39, 0.29) is 0 Å². The lowest BCUT2D eigenvalue weighted by molar-refractivity contribution is -0.109. The Morgan fingerprint density at radius 3 is 2.47 bits per heavy atom. The normalized spacial score (nSPS) is 12.0. The largest absolute Gasteiger partial charge is 0.444 e. The molecule has 2 aromatic carbocycles.